The van der Waals surface area contributed by atoms with Gasteiger partial charge in [-0.1, -0.05) is 0 Å². The molecule has 114 valence electrons. The lowest BCUT2D eigenvalue weighted by Crippen LogP contribution is -2.30. The number of benzene rings is 1. The lowest BCUT2D eigenvalue weighted by molar-refractivity contribution is -0.119. The average molecular weight is 298 g/mol. The molecule has 2 rings (SSSR count). The van der Waals surface area contributed by atoms with Gasteiger partial charge in [-0.05, 0) is 18.2 Å². The van der Waals surface area contributed by atoms with Crippen molar-refractivity contribution in [2.24, 2.45) is 11.7 Å². The van der Waals surface area contributed by atoms with Crippen molar-refractivity contribution in [2.45, 2.75) is 12.5 Å². The monoisotopic (exact) mass is 298 g/mol. The number of primary amides is 1. The number of likely N-dealkylation sites (tertiary alicyclic amines) is 1. The molecule has 0 radical (unpaired) electrons. The molecule has 1 aliphatic heterocycles. The highest BCUT2D eigenvalue weighted by atomic mass is 19.1. The SMILES string of the molecule is CO[C@H]1CN(C(=O)c2cc(F)ccc2F)C[C@@H]1CC(N)=O. The molecular weight excluding hydrogens is 282 g/mol. The summed E-state index contributed by atoms with van der Waals surface area (Å²) in [4.78, 5) is 24.6. The van der Waals surface area contributed by atoms with Gasteiger partial charge in [0, 0.05) is 32.5 Å². The molecule has 1 aromatic rings. The second-order valence-electron chi connectivity index (χ2n) is 5.04. The van der Waals surface area contributed by atoms with Crippen molar-refractivity contribution in [1.29, 1.82) is 0 Å². The van der Waals surface area contributed by atoms with Gasteiger partial charge >= 0.3 is 0 Å². The van der Waals surface area contributed by atoms with Crippen LogP contribution >= 0.6 is 0 Å². The Morgan fingerprint density at radius 1 is 1.38 bits per heavy atom. The van der Waals surface area contributed by atoms with E-state index in [-0.39, 0.29) is 37.1 Å². The van der Waals surface area contributed by atoms with Crippen molar-refractivity contribution in [3.05, 3.63) is 35.4 Å². The lowest BCUT2D eigenvalue weighted by Gasteiger charge is -2.16. The number of amides is 2. The summed E-state index contributed by atoms with van der Waals surface area (Å²) >= 11 is 0. The van der Waals surface area contributed by atoms with Gasteiger partial charge in [0.25, 0.3) is 5.91 Å². The first-order chi connectivity index (χ1) is 9.92. The van der Waals surface area contributed by atoms with Gasteiger partial charge in [0.1, 0.15) is 11.6 Å². The number of methoxy groups -OCH3 is 1. The second kappa shape index (κ2) is 6.17. The topological polar surface area (TPSA) is 72.6 Å². The molecule has 0 aliphatic carbocycles. The fourth-order valence-corrected chi connectivity index (χ4v) is 2.56. The van der Waals surface area contributed by atoms with E-state index in [1.165, 1.54) is 12.0 Å². The summed E-state index contributed by atoms with van der Waals surface area (Å²) < 4.78 is 32.0. The Kier molecular flexibility index (Phi) is 4.52. The number of nitrogens with zero attached hydrogens (tertiary/aromatic N) is 1. The highest BCUT2D eigenvalue weighted by Gasteiger charge is 2.37. The Morgan fingerprint density at radius 2 is 2.10 bits per heavy atom. The smallest absolute Gasteiger partial charge is 0.257 e. The Morgan fingerprint density at radius 3 is 2.71 bits per heavy atom. The van der Waals surface area contributed by atoms with Gasteiger partial charge in [-0.2, -0.15) is 0 Å². The molecule has 1 fully saturated rings. The van der Waals surface area contributed by atoms with E-state index in [1.807, 2.05) is 0 Å². The Hall–Kier alpha value is -2.02. The van der Waals surface area contributed by atoms with E-state index in [0.29, 0.717) is 0 Å². The number of hydrogen-bond acceptors (Lipinski definition) is 3. The van der Waals surface area contributed by atoms with Gasteiger partial charge in [0.2, 0.25) is 5.91 Å². The molecule has 2 amide bonds. The van der Waals surface area contributed by atoms with E-state index in [2.05, 4.69) is 0 Å². The zero-order valence-electron chi connectivity index (χ0n) is 11.5. The van der Waals surface area contributed by atoms with E-state index in [4.69, 9.17) is 10.5 Å². The highest BCUT2D eigenvalue weighted by molar-refractivity contribution is 5.94. The predicted molar refractivity (Wildman–Crippen MR) is 70.4 cm³/mol. The molecule has 2 atom stereocenters. The Labute approximate surface area is 120 Å². The van der Waals surface area contributed by atoms with Gasteiger partial charge in [0.15, 0.2) is 0 Å². The third-order valence-electron chi connectivity index (χ3n) is 3.59. The molecule has 1 aromatic carbocycles. The lowest BCUT2D eigenvalue weighted by atomic mass is 10.0. The van der Waals surface area contributed by atoms with Crippen LogP contribution in [0, 0.1) is 17.6 Å². The minimum Gasteiger partial charge on any atom is -0.379 e. The molecule has 0 aromatic heterocycles. The number of ether oxygens (including phenoxy) is 1. The number of hydrogen-bond donors (Lipinski definition) is 1. The van der Waals surface area contributed by atoms with Crippen LogP contribution in [0.2, 0.25) is 0 Å². The fraction of sp³-hybridized carbons (Fsp3) is 0.429. The summed E-state index contributed by atoms with van der Waals surface area (Å²) in [7, 11) is 1.47. The molecule has 7 heteroatoms. The molecule has 1 aliphatic rings. The van der Waals surface area contributed by atoms with E-state index in [0.717, 1.165) is 18.2 Å². The molecule has 1 heterocycles. The number of halogens is 2. The molecule has 5 nitrogen and oxygen atoms in total. The van der Waals surface area contributed by atoms with Crippen LogP contribution in [-0.2, 0) is 9.53 Å². The average Bonchev–Trinajstić information content (AvgIpc) is 2.83. The van der Waals surface area contributed by atoms with Crippen molar-refractivity contribution >= 4 is 11.8 Å². The molecule has 0 bridgehead atoms. The number of carbonyl (C=O) groups excluding carboxylic acids is 2. The molecule has 0 unspecified atom stereocenters. The van der Waals surface area contributed by atoms with Crippen molar-refractivity contribution < 1.29 is 23.1 Å². The number of nitrogens with two attached hydrogens (primary N) is 1. The van der Waals surface area contributed by atoms with Gasteiger partial charge in [-0.3, -0.25) is 9.59 Å². The first-order valence-electron chi connectivity index (χ1n) is 6.47. The van der Waals surface area contributed by atoms with Crippen molar-refractivity contribution in [3.8, 4) is 0 Å². The molecule has 2 N–H and O–H groups in total. The summed E-state index contributed by atoms with van der Waals surface area (Å²) in [6.45, 7) is 0.430. The van der Waals surface area contributed by atoms with Crippen LogP contribution in [0.4, 0.5) is 8.78 Å². The summed E-state index contributed by atoms with van der Waals surface area (Å²) in [5, 5.41) is 0. The van der Waals surface area contributed by atoms with Crippen LogP contribution in [0.25, 0.3) is 0 Å². The first-order valence-corrected chi connectivity index (χ1v) is 6.47. The van der Waals surface area contributed by atoms with Crippen LogP contribution in [-0.4, -0.2) is 43.0 Å². The quantitative estimate of drug-likeness (QED) is 0.898. The van der Waals surface area contributed by atoms with Crippen LogP contribution in [0.15, 0.2) is 18.2 Å². The minimum absolute atomic E-state index is 0.0773. The van der Waals surface area contributed by atoms with Crippen molar-refractivity contribution in [1.82, 2.24) is 4.90 Å². The number of carbonyl (C=O) groups is 2. The van der Waals surface area contributed by atoms with Crippen LogP contribution in [0.3, 0.4) is 0 Å². The molecule has 0 saturated carbocycles. The van der Waals surface area contributed by atoms with Crippen molar-refractivity contribution in [3.63, 3.8) is 0 Å². The van der Waals surface area contributed by atoms with Gasteiger partial charge in [0.05, 0.1) is 11.7 Å². The van der Waals surface area contributed by atoms with E-state index in [9.17, 15) is 18.4 Å². The zero-order chi connectivity index (χ0) is 15.6. The maximum atomic E-state index is 13.6. The third kappa shape index (κ3) is 3.36. The van der Waals surface area contributed by atoms with Gasteiger partial charge < -0.3 is 15.4 Å². The molecule has 21 heavy (non-hydrogen) atoms. The second-order valence-corrected chi connectivity index (χ2v) is 5.04. The minimum atomic E-state index is -0.784. The molecular formula is C14H16F2N2O3. The first kappa shape index (κ1) is 15.4. The normalized spacial score (nSPS) is 21.6. The van der Waals surface area contributed by atoms with Crippen LogP contribution in [0.1, 0.15) is 16.8 Å². The summed E-state index contributed by atoms with van der Waals surface area (Å²) in [5.41, 5.74) is 4.83. The third-order valence-corrected chi connectivity index (χ3v) is 3.59. The fourth-order valence-electron chi connectivity index (χ4n) is 2.56. The van der Waals surface area contributed by atoms with Gasteiger partial charge in [-0.15, -0.1) is 0 Å². The van der Waals surface area contributed by atoms with Crippen LogP contribution < -0.4 is 5.73 Å². The highest BCUT2D eigenvalue weighted by Crippen LogP contribution is 2.25. The Balaban J connectivity index is 2.17. The zero-order valence-corrected chi connectivity index (χ0v) is 11.5. The number of rotatable bonds is 4. The van der Waals surface area contributed by atoms with Gasteiger partial charge in [-0.25, -0.2) is 8.78 Å². The van der Waals surface area contributed by atoms with E-state index < -0.39 is 23.4 Å². The standard InChI is InChI=1S/C14H16F2N2O3/c1-21-12-7-18(6-8(12)4-13(17)19)14(20)10-5-9(15)2-3-11(10)16/h2-3,5,8,12H,4,6-7H2,1H3,(H2,17,19)/t8-,12-/m0/s1. The molecule has 0 spiro atoms. The summed E-state index contributed by atoms with van der Waals surface area (Å²) in [5.74, 6) is -2.83. The van der Waals surface area contributed by atoms with Crippen LogP contribution in [0.5, 0.6) is 0 Å². The summed E-state index contributed by atoms with van der Waals surface area (Å²) in [6.07, 6.45) is -0.272. The van der Waals surface area contributed by atoms with Crippen molar-refractivity contribution in [2.75, 3.05) is 20.2 Å². The maximum Gasteiger partial charge on any atom is 0.257 e. The summed E-state index contributed by atoms with van der Waals surface area (Å²) in [6, 6.07) is 2.72. The molecule has 1 saturated heterocycles. The Bertz CT molecular complexity index is 565. The van der Waals surface area contributed by atoms with E-state index in [1.54, 1.807) is 0 Å². The maximum absolute atomic E-state index is 13.6. The largest absolute Gasteiger partial charge is 0.379 e. The van der Waals surface area contributed by atoms with E-state index >= 15 is 0 Å². The predicted octanol–water partition coefficient (Wildman–Crippen LogP) is 0.927.